The fraction of sp³-hybridized carbons (Fsp3) is 0.767. The molecule has 1 unspecified atom stereocenters. The Balaban J connectivity index is 2.91. The third kappa shape index (κ3) is 13.6. The number of likely N-dealkylation sites (N-methyl/N-ethyl adjacent to an activating group) is 1. The number of unbranched alkanes of at least 4 members (excludes halogenated alkanes) is 7. The minimum absolute atomic E-state index is 0.350. The maximum Gasteiger partial charge on any atom is 0.325 e. The summed E-state index contributed by atoms with van der Waals surface area (Å²) in [5.74, 6) is -4.20. The number of aliphatic hydroxyl groups excluding tert-OH is 1. The molecule has 0 aromatic carbocycles. The van der Waals surface area contributed by atoms with Crippen LogP contribution in [-0.4, -0.2) is 89.1 Å². The van der Waals surface area contributed by atoms with Crippen molar-refractivity contribution < 1.29 is 38.9 Å². The van der Waals surface area contributed by atoms with Crippen molar-refractivity contribution in [3.63, 3.8) is 0 Å². The first kappa shape index (κ1) is 36.2. The number of amides is 3. The molecule has 0 bridgehead atoms. The topological polar surface area (TPSA) is 162 Å². The molecule has 0 saturated heterocycles. The number of ketones is 1. The molecule has 4 atom stereocenters. The number of carbonyl (C=O) groups is 5. The zero-order chi connectivity index (χ0) is 31.0. The van der Waals surface area contributed by atoms with Crippen LogP contribution in [0.1, 0.15) is 91.9 Å². The van der Waals surface area contributed by atoms with Crippen molar-refractivity contribution in [2.45, 2.75) is 110 Å². The summed E-state index contributed by atoms with van der Waals surface area (Å²) >= 11 is 0. The molecule has 3 amide bonds. The van der Waals surface area contributed by atoms with Crippen molar-refractivity contribution >= 4 is 29.5 Å². The van der Waals surface area contributed by atoms with E-state index in [0.29, 0.717) is 12.8 Å². The number of cyclic esters (lactones) is 1. The summed E-state index contributed by atoms with van der Waals surface area (Å²) in [6.45, 7) is 5.51. The zero-order valence-electron chi connectivity index (χ0n) is 25.4. The van der Waals surface area contributed by atoms with E-state index < -0.39 is 72.8 Å². The van der Waals surface area contributed by atoms with Crippen molar-refractivity contribution in [2.24, 2.45) is 11.8 Å². The summed E-state index contributed by atoms with van der Waals surface area (Å²) in [6.07, 6.45) is 11.6. The number of nitrogens with zero attached hydrogens (tertiary/aromatic N) is 1. The Labute approximate surface area is 244 Å². The monoisotopic (exact) mass is 581 g/mol. The molecule has 0 aliphatic carbocycles. The van der Waals surface area contributed by atoms with E-state index in [0.717, 1.165) is 49.5 Å². The molecule has 41 heavy (non-hydrogen) atoms. The molecule has 11 heteroatoms. The first-order valence-electron chi connectivity index (χ1n) is 14.9. The van der Waals surface area contributed by atoms with Crippen molar-refractivity contribution in [3.05, 3.63) is 12.2 Å². The third-order valence-electron chi connectivity index (χ3n) is 7.36. The molecule has 0 aromatic heterocycles. The molecule has 1 aliphatic rings. The summed E-state index contributed by atoms with van der Waals surface area (Å²) < 4.78 is 5.63. The number of nitrogens with one attached hydrogen (secondary N) is 2. The Morgan fingerprint density at radius 2 is 1.61 bits per heavy atom. The fourth-order valence-corrected chi connectivity index (χ4v) is 4.64. The van der Waals surface area contributed by atoms with Gasteiger partial charge in [-0.1, -0.05) is 78.2 Å². The molecule has 11 nitrogen and oxygen atoms in total. The first-order valence-corrected chi connectivity index (χ1v) is 14.9. The SMILES string of the molecule is CC(C)CCCCCCCCCC[C@@H]1OC(=O)CN(C)C(=O)/C=C/[C@H](CO)NC(=O)CNC(=O)C(C)(O)C(=O)[C@@H]1C. The van der Waals surface area contributed by atoms with Gasteiger partial charge in [0.05, 0.1) is 25.1 Å². The van der Waals surface area contributed by atoms with Gasteiger partial charge >= 0.3 is 5.97 Å². The van der Waals surface area contributed by atoms with E-state index in [-0.39, 0.29) is 0 Å². The number of carbonyl (C=O) groups excluding carboxylic acids is 5. The fourth-order valence-electron chi connectivity index (χ4n) is 4.64. The van der Waals surface area contributed by atoms with Gasteiger partial charge in [-0.05, 0) is 25.7 Å². The minimum atomic E-state index is -2.48. The molecule has 4 N–H and O–H groups in total. The number of hydrogen-bond donors (Lipinski definition) is 4. The highest BCUT2D eigenvalue weighted by molar-refractivity contribution is 6.10. The first-order chi connectivity index (χ1) is 19.3. The Hall–Kier alpha value is -2.79. The standard InChI is InChI=1S/C30H51N3O8/c1-21(2)14-12-10-8-6-7-9-11-13-15-24-22(3)28(38)30(4,40)29(39)31-18-25(35)32-23(20-34)16-17-26(36)33(5)19-27(37)41-24/h16-17,21-24,34,40H,6-15,18-20H2,1-5H3,(H,31,39)(H,32,35)/b17-16+/t22-,23-,24+,30?/m1/s1. The Bertz CT molecular complexity index is 902. The van der Waals surface area contributed by atoms with Crippen LogP contribution < -0.4 is 10.6 Å². The maximum atomic E-state index is 13.2. The highest BCUT2D eigenvalue weighted by atomic mass is 16.5. The lowest BCUT2D eigenvalue weighted by Gasteiger charge is -2.29. The van der Waals surface area contributed by atoms with Crippen molar-refractivity contribution in [2.75, 3.05) is 26.7 Å². The van der Waals surface area contributed by atoms with Gasteiger partial charge in [0.15, 0.2) is 11.4 Å². The smallest absolute Gasteiger partial charge is 0.325 e. The lowest BCUT2D eigenvalue weighted by Crippen LogP contribution is -2.55. The second-order valence-corrected chi connectivity index (χ2v) is 11.6. The average Bonchev–Trinajstić information content (AvgIpc) is 2.92. The molecule has 1 heterocycles. The van der Waals surface area contributed by atoms with E-state index in [1.165, 1.54) is 45.7 Å². The summed E-state index contributed by atoms with van der Waals surface area (Å²) in [6, 6.07) is -0.934. The van der Waals surface area contributed by atoms with Gasteiger partial charge in [0.2, 0.25) is 11.8 Å². The summed E-state index contributed by atoms with van der Waals surface area (Å²) in [7, 11) is 1.40. The predicted octanol–water partition coefficient (Wildman–Crippen LogP) is 2.03. The van der Waals surface area contributed by atoms with Crippen LogP contribution in [0.5, 0.6) is 0 Å². The van der Waals surface area contributed by atoms with Gasteiger partial charge in [0, 0.05) is 13.1 Å². The largest absolute Gasteiger partial charge is 0.460 e. The summed E-state index contributed by atoms with van der Waals surface area (Å²) in [5, 5.41) is 24.9. The molecular formula is C30H51N3O8. The van der Waals surface area contributed by atoms with Crippen molar-refractivity contribution in [1.29, 1.82) is 0 Å². The van der Waals surface area contributed by atoms with E-state index in [4.69, 9.17) is 4.74 Å². The van der Waals surface area contributed by atoms with Crippen LogP contribution >= 0.6 is 0 Å². The van der Waals surface area contributed by atoms with Crippen LogP contribution in [0.2, 0.25) is 0 Å². The second kappa shape index (κ2) is 18.6. The number of Topliss-reactive ketones (excluding diaryl/α,β-unsaturated/α-hetero) is 1. The van der Waals surface area contributed by atoms with Gasteiger partial charge < -0.3 is 30.5 Å². The maximum absolute atomic E-state index is 13.2. The Kier molecular flexibility index (Phi) is 16.4. The van der Waals surface area contributed by atoms with E-state index in [2.05, 4.69) is 24.5 Å². The number of esters is 1. The summed E-state index contributed by atoms with van der Waals surface area (Å²) in [4.78, 5) is 64.4. The van der Waals surface area contributed by atoms with Gasteiger partial charge in [0.1, 0.15) is 12.6 Å². The zero-order valence-corrected chi connectivity index (χ0v) is 25.4. The molecule has 1 rings (SSSR count). The van der Waals surface area contributed by atoms with Gasteiger partial charge in [0.25, 0.3) is 5.91 Å². The quantitative estimate of drug-likeness (QED) is 0.155. The van der Waals surface area contributed by atoms with Gasteiger partial charge in [-0.3, -0.25) is 24.0 Å². The van der Waals surface area contributed by atoms with E-state index in [1.54, 1.807) is 0 Å². The van der Waals surface area contributed by atoms with E-state index in [1.807, 2.05) is 0 Å². The van der Waals surface area contributed by atoms with E-state index >= 15 is 0 Å². The highest BCUT2D eigenvalue weighted by Gasteiger charge is 2.44. The Morgan fingerprint density at radius 3 is 2.20 bits per heavy atom. The second-order valence-electron chi connectivity index (χ2n) is 11.6. The summed E-state index contributed by atoms with van der Waals surface area (Å²) in [5.41, 5.74) is -2.48. The number of rotatable bonds is 12. The molecule has 234 valence electrons. The highest BCUT2D eigenvalue weighted by Crippen LogP contribution is 2.23. The third-order valence-corrected chi connectivity index (χ3v) is 7.36. The predicted molar refractivity (Wildman–Crippen MR) is 154 cm³/mol. The molecule has 0 aromatic rings. The minimum Gasteiger partial charge on any atom is -0.460 e. The molecule has 0 radical (unpaired) electrons. The lowest BCUT2D eigenvalue weighted by molar-refractivity contribution is -0.162. The van der Waals surface area contributed by atoms with Gasteiger partial charge in [-0.15, -0.1) is 0 Å². The van der Waals surface area contributed by atoms with E-state index in [9.17, 15) is 34.2 Å². The van der Waals surface area contributed by atoms with Gasteiger partial charge in [-0.25, -0.2) is 0 Å². The normalized spacial score (nSPS) is 26.4. The number of aliphatic hydroxyl groups is 2. The van der Waals surface area contributed by atoms with Crippen LogP contribution in [0.25, 0.3) is 0 Å². The molecule has 0 spiro atoms. The average molecular weight is 582 g/mol. The van der Waals surface area contributed by atoms with Crippen LogP contribution in [0.4, 0.5) is 0 Å². The number of hydrogen-bond acceptors (Lipinski definition) is 8. The molecule has 0 fully saturated rings. The van der Waals surface area contributed by atoms with Crippen molar-refractivity contribution in [3.8, 4) is 0 Å². The molecular weight excluding hydrogens is 530 g/mol. The Morgan fingerprint density at radius 1 is 1.02 bits per heavy atom. The van der Waals surface area contributed by atoms with Crippen LogP contribution in [0.3, 0.4) is 0 Å². The van der Waals surface area contributed by atoms with Gasteiger partial charge in [-0.2, -0.15) is 0 Å². The molecule has 1 aliphatic heterocycles. The van der Waals surface area contributed by atoms with Crippen LogP contribution in [0.15, 0.2) is 12.2 Å². The van der Waals surface area contributed by atoms with Crippen molar-refractivity contribution in [1.82, 2.24) is 15.5 Å². The number of ether oxygens (including phenoxy) is 1. The molecule has 0 saturated carbocycles. The lowest BCUT2D eigenvalue weighted by atomic mass is 9.85. The van der Waals surface area contributed by atoms with Crippen LogP contribution in [-0.2, 0) is 28.7 Å². The van der Waals surface area contributed by atoms with Crippen LogP contribution in [0, 0.1) is 11.8 Å².